The minimum absolute atomic E-state index is 0.0362. The zero-order valence-corrected chi connectivity index (χ0v) is 16.2. The zero-order valence-electron chi connectivity index (χ0n) is 15.4. The van der Waals surface area contributed by atoms with E-state index in [1.54, 1.807) is 36.7 Å². The third kappa shape index (κ3) is 3.96. The third-order valence-electron chi connectivity index (χ3n) is 4.29. The fraction of sp³-hybridized carbons (Fsp3) is 0. The van der Waals surface area contributed by atoms with Crippen molar-refractivity contribution in [3.8, 4) is 0 Å². The predicted octanol–water partition coefficient (Wildman–Crippen LogP) is 3.82. The number of benzene rings is 2. The molecule has 2 N–H and O–H groups in total. The van der Waals surface area contributed by atoms with E-state index in [0.29, 0.717) is 5.69 Å². The lowest BCUT2D eigenvalue weighted by Crippen LogP contribution is -2.15. The van der Waals surface area contributed by atoms with E-state index < -0.39 is 21.7 Å². The van der Waals surface area contributed by atoms with Crippen LogP contribution in [0.15, 0.2) is 84.1 Å². The molecule has 150 valence electrons. The Kier molecular flexibility index (Phi) is 5.11. The van der Waals surface area contributed by atoms with Gasteiger partial charge in [0.05, 0.1) is 4.90 Å². The van der Waals surface area contributed by atoms with Crippen LogP contribution in [0.2, 0.25) is 0 Å². The number of pyridine rings is 2. The summed E-state index contributed by atoms with van der Waals surface area (Å²) in [5.41, 5.74) is 0.980. The second kappa shape index (κ2) is 7.88. The molecular weight excluding hydrogens is 407 g/mol. The number of carbonyl (C=O) groups is 1. The number of amides is 1. The smallest absolute Gasteiger partial charge is 0.262 e. The molecule has 30 heavy (non-hydrogen) atoms. The van der Waals surface area contributed by atoms with E-state index in [4.69, 9.17) is 0 Å². The maximum atomic E-state index is 14.0. The summed E-state index contributed by atoms with van der Waals surface area (Å²) >= 11 is 0. The normalized spacial score (nSPS) is 11.2. The lowest BCUT2D eigenvalue weighted by molar-refractivity contribution is 0.102. The van der Waals surface area contributed by atoms with Crippen LogP contribution in [-0.4, -0.2) is 24.3 Å². The van der Waals surface area contributed by atoms with Gasteiger partial charge in [-0.15, -0.1) is 0 Å². The number of sulfonamides is 1. The van der Waals surface area contributed by atoms with Gasteiger partial charge < -0.3 is 5.32 Å². The molecule has 2 aromatic heterocycles. The number of nitrogens with one attached hydrogen (secondary N) is 2. The summed E-state index contributed by atoms with van der Waals surface area (Å²) in [5, 5.41) is 2.87. The maximum absolute atomic E-state index is 14.0. The Morgan fingerprint density at radius 3 is 2.50 bits per heavy atom. The summed E-state index contributed by atoms with van der Waals surface area (Å²) in [6.07, 6.45) is 4.48. The summed E-state index contributed by atoms with van der Waals surface area (Å²) in [6, 6.07) is 14.6. The summed E-state index contributed by atoms with van der Waals surface area (Å²) in [4.78, 5) is 20.1. The van der Waals surface area contributed by atoms with E-state index in [-0.39, 0.29) is 27.0 Å². The highest BCUT2D eigenvalue weighted by Crippen LogP contribution is 2.26. The number of fused-ring (bicyclic) bond motifs is 1. The van der Waals surface area contributed by atoms with E-state index in [0.717, 1.165) is 6.07 Å². The molecular formula is C21H15FN4O3S. The first kappa shape index (κ1) is 19.5. The average Bonchev–Trinajstić information content (AvgIpc) is 2.74. The van der Waals surface area contributed by atoms with Crippen LogP contribution in [0.1, 0.15) is 10.4 Å². The Morgan fingerprint density at radius 1 is 0.900 bits per heavy atom. The van der Waals surface area contributed by atoms with Crippen molar-refractivity contribution in [1.29, 1.82) is 0 Å². The van der Waals surface area contributed by atoms with Crippen molar-refractivity contribution >= 4 is 38.2 Å². The zero-order chi connectivity index (χ0) is 21.1. The first-order valence-corrected chi connectivity index (χ1v) is 10.3. The molecule has 0 bridgehead atoms. The standard InChI is InChI=1S/C21H15FN4O3S/c22-18-6-7-19(17-5-2-10-24-20(17)18)30(28,29)26-16-4-1-3-14(13-16)21(27)25-15-8-11-23-12-9-15/h1-13,26H,(H,23,25,27). The van der Waals surface area contributed by atoms with Crippen LogP contribution < -0.4 is 10.0 Å². The Morgan fingerprint density at radius 2 is 1.70 bits per heavy atom. The highest BCUT2D eigenvalue weighted by molar-refractivity contribution is 7.93. The molecule has 0 fully saturated rings. The second-order valence-electron chi connectivity index (χ2n) is 6.32. The molecule has 0 aliphatic heterocycles. The molecule has 4 rings (SSSR count). The van der Waals surface area contributed by atoms with Crippen molar-refractivity contribution in [3.63, 3.8) is 0 Å². The summed E-state index contributed by atoms with van der Waals surface area (Å²) in [6.45, 7) is 0. The number of anilines is 2. The molecule has 0 unspecified atom stereocenters. The van der Waals surface area contributed by atoms with Gasteiger partial charge in [-0.05, 0) is 54.6 Å². The van der Waals surface area contributed by atoms with Gasteiger partial charge in [-0.3, -0.25) is 19.5 Å². The van der Waals surface area contributed by atoms with Crippen LogP contribution in [0.5, 0.6) is 0 Å². The molecule has 2 aromatic carbocycles. The minimum Gasteiger partial charge on any atom is -0.322 e. The molecule has 2 heterocycles. The van der Waals surface area contributed by atoms with Crippen molar-refractivity contribution < 1.29 is 17.6 Å². The molecule has 0 saturated heterocycles. The molecule has 0 saturated carbocycles. The largest absolute Gasteiger partial charge is 0.322 e. The third-order valence-corrected chi connectivity index (χ3v) is 5.72. The Hall–Kier alpha value is -3.85. The van der Waals surface area contributed by atoms with E-state index in [9.17, 15) is 17.6 Å². The average molecular weight is 422 g/mol. The Balaban J connectivity index is 1.63. The molecule has 0 spiro atoms. The van der Waals surface area contributed by atoms with Gasteiger partial charge in [0.2, 0.25) is 0 Å². The Bertz CT molecular complexity index is 1340. The number of aromatic nitrogens is 2. The fourth-order valence-corrected chi connectivity index (χ4v) is 4.17. The first-order chi connectivity index (χ1) is 14.4. The van der Waals surface area contributed by atoms with Crippen LogP contribution in [0.4, 0.5) is 15.8 Å². The number of rotatable bonds is 5. The van der Waals surface area contributed by atoms with Crippen LogP contribution in [-0.2, 0) is 10.0 Å². The number of hydrogen-bond donors (Lipinski definition) is 2. The lowest BCUT2D eigenvalue weighted by Gasteiger charge is -2.12. The van der Waals surface area contributed by atoms with Crippen LogP contribution in [0, 0.1) is 5.82 Å². The Labute approximate surface area is 171 Å². The number of halogens is 1. The molecule has 0 aliphatic carbocycles. The molecule has 0 radical (unpaired) electrons. The fourth-order valence-electron chi connectivity index (χ4n) is 2.92. The quantitative estimate of drug-likeness (QED) is 0.509. The molecule has 9 heteroatoms. The van der Waals surface area contributed by atoms with Crippen LogP contribution in [0.3, 0.4) is 0 Å². The van der Waals surface area contributed by atoms with Gasteiger partial charge in [-0.1, -0.05) is 6.07 Å². The van der Waals surface area contributed by atoms with E-state index >= 15 is 0 Å². The molecule has 0 atom stereocenters. The molecule has 1 amide bonds. The van der Waals surface area contributed by atoms with Crippen molar-refractivity contribution in [2.45, 2.75) is 4.90 Å². The van der Waals surface area contributed by atoms with Crippen molar-refractivity contribution in [1.82, 2.24) is 9.97 Å². The van der Waals surface area contributed by atoms with Crippen molar-refractivity contribution in [2.24, 2.45) is 0 Å². The van der Waals surface area contributed by atoms with Gasteiger partial charge in [-0.25, -0.2) is 12.8 Å². The van der Waals surface area contributed by atoms with E-state index in [2.05, 4.69) is 20.0 Å². The number of nitrogens with zero attached hydrogens (tertiary/aromatic N) is 2. The topological polar surface area (TPSA) is 101 Å². The van der Waals surface area contributed by atoms with E-state index in [1.807, 2.05) is 0 Å². The van der Waals surface area contributed by atoms with Gasteiger partial charge in [0.25, 0.3) is 15.9 Å². The van der Waals surface area contributed by atoms with Crippen LogP contribution >= 0.6 is 0 Å². The number of hydrogen-bond acceptors (Lipinski definition) is 5. The molecule has 4 aromatic rings. The maximum Gasteiger partial charge on any atom is 0.262 e. The van der Waals surface area contributed by atoms with Gasteiger partial charge >= 0.3 is 0 Å². The molecule has 7 nitrogen and oxygen atoms in total. The van der Waals surface area contributed by atoms with Gasteiger partial charge in [-0.2, -0.15) is 0 Å². The summed E-state index contributed by atoms with van der Waals surface area (Å²) in [7, 11) is -4.05. The first-order valence-electron chi connectivity index (χ1n) is 8.81. The van der Waals surface area contributed by atoms with E-state index in [1.165, 1.54) is 36.5 Å². The number of carbonyl (C=O) groups excluding carboxylic acids is 1. The van der Waals surface area contributed by atoms with Gasteiger partial charge in [0.15, 0.2) is 0 Å². The van der Waals surface area contributed by atoms with Gasteiger partial charge in [0, 0.05) is 40.9 Å². The SMILES string of the molecule is O=C(Nc1ccncc1)c1cccc(NS(=O)(=O)c2ccc(F)c3ncccc23)c1. The predicted molar refractivity (Wildman–Crippen MR) is 111 cm³/mol. The monoisotopic (exact) mass is 422 g/mol. The van der Waals surface area contributed by atoms with Crippen molar-refractivity contribution in [2.75, 3.05) is 10.0 Å². The highest BCUT2D eigenvalue weighted by atomic mass is 32.2. The summed E-state index contributed by atoms with van der Waals surface area (Å²) < 4.78 is 42.3. The minimum atomic E-state index is -4.05. The van der Waals surface area contributed by atoms with Gasteiger partial charge in [0.1, 0.15) is 11.3 Å². The van der Waals surface area contributed by atoms with Crippen LogP contribution in [0.25, 0.3) is 10.9 Å². The lowest BCUT2D eigenvalue weighted by atomic mass is 10.2. The highest BCUT2D eigenvalue weighted by Gasteiger charge is 2.20. The second-order valence-corrected chi connectivity index (χ2v) is 7.97. The van der Waals surface area contributed by atoms with Crippen molar-refractivity contribution in [3.05, 3.63) is 90.6 Å². The summed E-state index contributed by atoms with van der Waals surface area (Å²) in [5.74, 6) is -1.02. The molecule has 0 aliphatic rings.